The predicted octanol–water partition coefficient (Wildman–Crippen LogP) is 19.9. The van der Waals surface area contributed by atoms with Crippen molar-refractivity contribution in [3.05, 3.63) is 277 Å². The van der Waals surface area contributed by atoms with Crippen molar-refractivity contribution in [1.29, 1.82) is 0 Å². The fourth-order valence-corrected chi connectivity index (χ4v) is 16.2. The summed E-state index contributed by atoms with van der Waals surface area (Å²) in [5, 5.41) is 5.18. The normalized spacial score (nSPS) is 17.9. The van der Waals surface area contributed by atoms with E-state index in [2.05, 4.69) is 262 Å². The van der Waals surface area contributed by atoms with Crippen molar-refractivity contribution >= 4 is 52.4 Å². The maximum absolute atomic E-state index is 2.55. The van der Waals surface area contributed by atoms with E-state index < -0.39 is 5.41 Å². The van der Waals surface area contributed by atoms with E-state index in [4.69, 9.17) is 0 Å². The first-order chi connectivity index (χ1) is 37.0. The van der Waals surface area contributed by atoms with Crippen molar-refractivity contribution in [3.63, 3.8) is 0 Å². The first kappa shape index (κ1) is 45.7. The van der Waals surface area contributed by atoms with Crippen molar-refractivity contribution in [2.45, 2.75) is 64.2 Å². The number of aryl methyl sites for hydroxylation is 2. The maximum Gasteiger partial charge on any atom is 0.0442 e. The molecule has 0 spiro atoms. The van der Waals surface area contributed by atoms with Gasteiger partial charge in [0, 0.05) is 16.2 Å². The van der Waals surface area contributed by atoms with E-state index in [0.29, 0.717) is 0 Å². The van der Waals surface area contributed by atoms with Gasteiger partial charge in [-0.05, 0) is 227 Å². The highest BCUT2D eigenvalue weighted by molar-refractivity contribution is 14.2. The Kier molecular flexibility index (Phi) is 10.00. The van der Waals surface area contributed by atoms with Gasteiger partial charge in [-0.15, -0.1) is 0 Å². The lowest BCUT2D eigenvalue weighted by atomic mass is 9.70. The van der Waals surface area contributed by atoms with Gasteiger partial charge in [0.25, 0.3) is 0 Å². The highest BCUT2D eigenvalue weighted by atomic mass is 127. The molecule has 0 radical (unpaired) electrons. The molecule has 76 heavy (non-hydrogen) atoms. The Balaban J connectivity index is 0.840. The number of fused-ring (bicyclic) bond motifs is 12. The number of rotatable bonds is 6. The van der Waals surface area contributed by atoms with Crippen LogP contribution in [-0.4, -0.2) is 4.01 Å². The molecule has 4 aliphatic rings. The molecule has 2 atom stereocenters. The Bertz CT molecular complexity index is 4400. The molecule has 0 bridgehead atoms. The molecule has 0 saturated heterocycles. The lowest BCUT2D eigenvalue weighted by Crippen LogP contribution is -2.24. The third-order valence-electron chi connectivity index (χ3n) is 18.4. The summed E-state index contributed by atoms with van der Waals surface area (Å²) >= 11 is 0.00532. The SMILES string of the molecule is Cc1ccc2cc(-c3cc4c(c(C5(C)c6ccccc6-c6cc(-c7ccc8c(CC9(C)c%10ccccc%10-c%10c(-c%11ccc%12c(c%11)C=CI=C%12)cccc%109)c(C)ccc8c7)ccc65)c3)-c3ccccc3C4(C)C)ccc2c1. The van der Waals surface area contributed by atoms with E-state index in [0.717, 1.165) is 6.42 Å². The molecule has 15 rings (SSSR count). The summed E-state index contributed by atoms with van der Waals surface area (Å²) < 4.78 is 4.81. The summed E-state index contributed by atoms with van der Waals surface area (Å²) in [6.45, 7) is 14.3. The molecule has 0 nitrogen and oxygen atoms in total. The molecular formula is C75H57I. The summed E-state index contributed by atoms with van der Waals surface area (Å²) in [6.07, 6.45) is 3.25. The average Bonchev–Trinajstić information content (AvgIpc) is 4.20. The third kappa shape index (κ3) is 6.57. The minimum atomic E-state index is -0.409. The van der Waals surface area contributed by atoms with Crippen LogP contribution in [0.4, 0.5) is 0 Å². The zero-order valence-corrected chi connectivity index (χ0v) is 46.1. The molecule has 0 fully saturated rings. The summed E-state index contributed by atoms with van der Waals surface area (Å²) in [5.41, 5.74) is 31.5. The molecule has 1 heteroatoms. The zero-order valence-electron chi connectivity index (χ0n) is 43.9. The van der Waals surface area contributed by atoms with Crippen LogP contribution in [0.5, 0.6) is 0 Å². The van der Waals surface area contributed by atoms with E-state index in [1.807, 2.05) is 0 Å². The second-order valence-electron chi connectivity index (χ2n) is 23.1. The van der Waals surface area contributed by atoms with Gasteiger partial charge in [-0.1, -0.05) is 217 Å². The van der Waals surface area contributed by atoms with Crippen LogP contribution in [0.1, 0.15) is 94.5 Å². The second kappa shape index (κ2) is 16.6. The van der Waals surface area contributed by atoms with Gasteiger partial charge < -0.3 is 0 Å². The highest BCUT2D eigenvalue weighted by Gasteiger charge is 2.47. The lowest BCUT2D eigenvalue weighted by Gasteiger charge is -2.32. The van der Waals surface area contributed by atoms with Crippen molar-refractivity contribution in [2.75, 3.05) is 0 Å². The Hall–Kier alpha value is -7.72. The van der Waals surface area contributed by atoms with Crippen LogP contribution in [0.3, 0.4) is 0 Å². The highest BCUT2D eigenvalue weighted by Crippen LogP contribution is 2.60. The van der Waals surface area contributed by atoms with Crippen LogP contribution >= 0.6 is 20.7 Å². The topological polar surface area (TPSA) is 0 Å². The first-order valence-corrected chi connectivity index (χ1v) is 29.5. The minimum Gasteiger partial charge on any atom is -0.0931 e. The van der Waals surface area contributed by atoms with Crippen molar-refractivity contribution in [2.24, 2.45) is 0 Å². The molecule has 0 saturated carbocycles. The van der Waals surface area contributed by atoms with E-state index in [1.54, 1.807) is 0 Å². The largest absolute Gasteiger partial charge is 0.0931 e. The van der Waals surface area contributed by atoms with Crippen LogP contribution in [0.15, 0.2) is 210 Å². The van der Waals surface area contributed by atoms with Gasteiger partial charge in [0.1, 0.15) is 0 Å². The van der Waals surface area contributed by atoms with E-state index in [9.17, 15) is 0 Å². The van der Waals surface area contributed by atoms with Gasteiger partial charge >= 0.3 is 0 Å². The van der Waals surface area contributed by atoms with Gasteiger partial charge in [-0.3, -0.25) is 0 Å². The Labute approximate surface area is 457 Å². The maximum atomic E-state index is 2.55. The standard InChI is InChI=1S/C75H57I/c1-45-22-24-48-37-50(27-26-47(48)36-45)56-41-69-72(60-15-8-10-18-64(60)73(69,3)4)70(42-56)75(6)66-20-12-7-14-59(66)62-40-51(31-33-67(62)75)49-30-32-57-53(38-49)25-23-46(2)63(57)43-74(5)65-19-11-9-16-61(65)71-58(17-13-21-68(71)74)54-28-29-55-44-76-35-34-52(55)39-54/h7-42,44H,43H2,1-6H3. The quantitative estimate of drug-likeness (QED) is 0.146. The van der Waals surface area contributed by atoms with Crippen molar-refractivity contribution in [1.82, 2.24) is 0 Å². The predicted molar refractivity (Wildman–Crippen MR) is 332 cm³/mol. The van der Waals surface area contributed by atoms with Crippen molar-refractivity contribution < 1.29 is 0 Å². The fourth-order valence-electron chi connectivity index (χ4n) is 14.4. The first-order valence-electron chi connectivity index (χ1n) is 27.0. The summed E-state index contributed by atoms with van der Waals surface area (Å²) in [7, 11) is 0. The van der Waals surface area contributed by atoms with Crippen molar-refractivity contribution in [3.8, 4) is 66.8 Å². The van der Waals surface area contributed by atoms with E-state index >= 15 is 0 Å². The van der Waals surface area contributed by atoms with Crippen LogP contribution in [0.25, 0.3) is 94.4 Å². The molecule has 0 N–H and O–H groups in total. The fraction of sp³-hybridized carbons (Fsp3) is 0.133. The molecule has 0 aromatic heterocycles. The van der Waals surface area contributed by atoms with Crippen LogP contribution in [-0.2, 0) is 22.7 Å². The van der Waals surface area contributed by atoms with Crippen LogP contribution < -0.4 is 0 Å². The summed E-state index contributed by atoms with van der Waals surface area (Å²) in [6, 6.07) is 79.9. The van der Waals surface area contributed by atoms with Gasteiger partial charge in [0.2, 0.25) is 0 Å². The summed E-state index contributed by atoms with van der Waals surface area (Å²) in [4.78, 5) is 0. The van der Waals surface area contributed by atoms with Crippen LogP contribution in [0.2, 0.25) is 0 Å². The molecule has 1 heterocycles. The molecule has 364 valence electrons. The second-order valence-corrected chi connectivity index (χ2v) is 25.1. The number of benzene rings is 11. The van der Waals surface area contributed by atoms with E-state index in [-0.39, 0.29) is 31.6 Å². The zero-order chi connectivity index (χ0) is 51.2. The lowest BCUT2D eigenvalue weighted by molar-refractivity contribution is 0.583. The molecule has 2 unspecified atom stereocenters. The molecule has 11 aromatic rings. The minimum absolute atomic E-state index is 0.00532. The van der Waals surface area contributed by atoms with Gasteiger partial charge in [0.15, 0.2) is 0 Å². The van der Waals surface area contributed by atoms with Gasteiger partial charge in [-0.25, -0.2) is 0 Å². The number of halogens is 1. The molecule has 1 aliphatic heterocycles. The average molecular weight is 1090 g/mol. The number of hydrogen-bond donors (Lipinski definition) is 0. The van der Waals surface area contributed by atoms with Gasteiger partial charge in [0.05, 0.1) is 0 Å². The Morgan fingerprint density at radius 3 is 1.86 bits per heavy atom. The Morgan fingerprint density at radius 2 is 1.00 bits per heavy atom. The third-order valence-corrected chi connectivity index (χ3v) is 20.2. The number of hydrogen-bond acceptors (Lipinski definition) is 0. The monoisotopic (exact) mass is 1080 g/mol. The molecular weight excluding hydrogens is 1030 g/mol. The molecule has 3 aliphatic carbocycles. The molecule has 0 amide bonds. The molecule has 11 aromatic carbocycles. The Morgan fingerprint density at radius 1 is 0.382 bits per heavy atom. The van der Waals surface area contributed by atoms with Gasteiger partial charge in [-0.2, -0.15) is 0 Å². The van der Waals surface area contributed by atoms with E-state index in [1.165, 1.54) is 155 Å². The van der Waals surface area contributed by atoms with Crippen LogP contribution in [0, 0.1) is 13.8 Å². The summed E-state index contributed by atoms with van der Waals surface area (Å²) in [5.74, 6) is 0. The smallest absolute Gasteiger partial charge is 0.0442 e.